The van der Waals surface area contributed by atoms with Gasteiger partial charge in [0.25, 0.3) is 0 Å². The molecule has 0 saturated heterocycles. The van der Waals surface area contributed by atoms with E-state index in [4.69, 9.17) is 16.9 Å². The quantitative estimate of drug-likeness (QED) is 0.615. The number of phenols is 1. The number of rotatable bonds is 2. The number of hydrogen-bond donors (Lipinski definition) is 1. The maximum absolute atomic E-state index is 11.3. The number of esters is 1. The van der Waals surface area contributed by atoms with Crippen LogP contribution in [0.4, 0.5) is 0 Å². The van der Waals surface area contributed by atoms with Crippen LogP contribution in [0, 0.1) is 11.3 Å². The Bertz CT molecular complexity index is 437. The lowest BCUT2D eigenvalue weighted by atomic mass is 10.0. The fourth-order valence-corrected chi connectivity index (χ4v) is 1.36. The lowest BCUT2D eigenvalue weighted by Crippen LogP contribution is -2.05. The van der Waals surface area contributed by atoms with Crippen molar-refractivity contribution in [1.29, 1.82) is 5.26 Å². The van der Waals surface area contributed by atoms with E-state index in [0.29, 0.717) is 5.56 Å². The molecule has 1 aromatic carbocycles. The predicted octanol–water partition coefficient (Wildman–Crippen LogP) is 1.79. The van der Waals surface area contributed by atoms with Crippen LogP contribution in [0.3, 0.4) is 0 Å². The molecule has 5 heteroatoms. The molecule has 1 aromatic rings. The Balaban J connectivity index is 3.44. The molecular formula is C10H8ClNO3. The lowest BCUT2D eigenvalue weighted by molar-refractivity contribution is 0.0597. The summed E-state index contributed by atoms with van der Waals surface area (Å²) in [6, 6.07) is 4.71. The third kappa shape index (κ3) is 2.03. The highest BCUT2D eigenvalue weighted by atomic mass is 35.5. The molecule has 0 aliphatic rings. The summed E-state index contributed by atoms with van der Waals surface area (Å²) in [4.78, 5) is 11.3. The molecular weight excluding hydrogens is 218 g/mol. The number of ether oxygens (including phenoxy) is 1. The molecule has 0 unspecified atom stereocenters. The predicted molar refractivity (Wildman–Crippen MR) is 53.7 cm³/mol. The Morgan fingerprint density at radius 1 is 1.67 bits per heavy atom. The van der Waals surface area contributed by atoms with Crippen molar-refractivity contribution in [2.24, 2.45) is 0 Å². The zero-order valence-corrected chi connectivity index (χ0v) is 8.71. The molecule has 0 amide bonds. The first-order chi connectivity index (χ1) is 7.15. The molecule has 0 spiro atoms. The number of methoxy groups -OCH3 is 1. The van der Waals surface area contributed by atoms with Gasteiger partial charge in [-0.2, -0.15) is 5.26 Å². The number of nitrogens with zero attached hydrogens (tertiary/aromatic N) is 1. The van der Waals surface area contributed by atoms with E-state index in [0.717, 1.165) is 0 Å². The van der Waals surface area contributed by atoms with Crippen molar-refractivity contribution in [2.45, 2.75) is 5.88 Å². The largest absolute Gasteiger partial charge is 0.507 e. The van der Waals surface area contributed by atoms with Crippen molar-refractivity contribution in [1.82, 2.24) is 0 Å². The first-order valence-corrected chi connectivity index (χ1v) is 4.58. The monoisotopic (exact) mass is 225 g/mol. The molecule has 78 valence electrons. The third-order valence-corrected chi connectivity index (χ3v) is 2.20. The number of halogens is 1. The van der Waals surface area contributed by atoms with E-state index < -0.39 is 5.97 Å². The fraction of sp³-hybridized carbons (Fsp3) is 0.200. The van der Waals surface area contributed by atoms with Gasteiger partial charge in [-0.1, -0.05) is 6.07 Å². The minimum atomic E-state index is -0.754. The molecule has 0 radical (unpaired) electrons. The summed E-state index contributed by atoms with van der Waals surface area (Å²) in [6.45, 7) is 0. The van der Waals surface area contributed by atoms with Crippen LogP contribution in [-0.2, 0) is 10.6 Å². The molecule has 1 rings (SSSR count). The van der Waals surface area contributed by atoms with Gasteiger partial charge in [-0.3, -0.25) is 0 Å². The Kier molecular flexibility index (Phi) is 3.53. The van der Waals surface area contributed by atoms with Gasteiger partial charge in [0, 0.05) is 5.56 Å². The highest BCUT2D eigenvalue weighted by Crippen LogP contribution is 2.27. The average Bonchev–Trinajstić information content (AvgIpc) is 2.27. The SMILES string of the molecule is COC(=O)c1c(C#N)ccc(CCl)c1O. The number of alkyl halides is 1. The summed E-state index contributed by atoms with van der Waals surface area (Å²) in [6.07, 6.45) is 0. The van der Waals surface area contributed by atoms with E-state index in [1.807, 2.05) is 0 Å². The summed E-state index contributed by atoms with van der Waals surface area (Å²) in [5, 5.41) is 18.4. The fourth-order valence-electron chi connectivity index (χ4n) is 1.14. The van der Waals surface area contributed by atoms with E-state index >= 15 is 0 Å². The normalized spacial score (nSPS) is 9.40. The minimum absolute atomic E-state index is 0.0571. The van der Waals surface area contributed by atoms with Crippen molar-refractivity contribution in [2.75, 3.05) is 7.11 Å². The van der Waals surface area contributed by atoms with Gasteiger partial charge in [0.15, 0.2) is 0 Å². The van der Waals surface area contributed by atoms with Gasteiger partial charge in [-0.25, -0.2) is 4.79 Å². The van der Waals surface area contributed by atoms with E-state index in [-0.39, 0.29) is 22.8 Å². The Morgan fingerprint density at radius 3 is 2.80 bits per heavy atom. The highest BCUT2D eigenvalue weighted by Gasteiger charge is 2.19. The molecule has 0 saturated carbocycles. The second-order valence-corrected chi connectivity index (χ2v) is 3.00. The Labute approximate surface area is 91.7 Å². The molecule has 0 fully saturated rings. The first kappa shape index (κ1) is 11.3. The van der Waals surface area contributed by atoms with Crippen LogP contribution in [-0.4, -0.2) is 18.2 Å². The third-order valence-electron chi connectivity index (χ3n) is 1.92. The van der Waals surface area contributed by atoms with Gasteiger partial charge in [0.2, 0.25) is 0 Å². The molecule has 0 heterocycles. The summed E-state index contributed by atoms with van der Waals surface area (Å²) in [7, 11) is 1.18. The van der Waals surface area contributed by atoms with Gasteiger partial charge in [0.05, 0.1) is 18.6 Å². The number of carbonyl (C=O) groups is 1. The molecule has 4 nitrogen and oxygen atoms in total. The van der Waals surface area contributed by atoms with Gasteiger partial charge in [-0.05, 0) is 6.07 Å². The van der Waals surface area contributed by atoms with E-state index in [1.54, 1.807) is 6.07 Å². The lowest BCUT2D eigenvalue weighted by Gasteiger charge is -2.07. The maximum Gasteiger partial charge on any atom is 0.343 e. The van der Waals surface area contributed by atoms with Crippen LogP contribution < -0.4 is 0 Å². The molecule has 15 heavy (non-hydrogen) atoms. The van der Waals surface area contributed by atoms with E-state index in [1.165, 1.54) is 19.2 Å². The van der Waals surface area contributed by atoms with Crippen molar-refractivity contribution < 1.29 is 14.6 Å². The standard InChI is InChI=1S/C10H8ClNO3/c1-15-10(14)8-7(5-12)3-2-6(4-11)9(8)13/h2-3,13H,4H2,1H3. The second kappa shape index (κ2) is 4.67. The first-order valence-electron chi connectivity index (χ1n) is 4.05. The van der Waals surface area contributed by atoms with Crippen molar-refractivity contribution in [3.63, 3.8) is 0 Å². The molecule has 1 N–H and O–H groups in total. The number of hydrogen-bond acceptors (Lipinski definition) is 4. The number of carbonyl (C=O) groups excluding carboxylic acids is 1. The number of aromatic hydroxyl groups is 1. The van der Waals surface area contributed by atoms with Crippen molar-refractivity contribution in [3.05, 3.63) is 28.8 Å². The molecule has 0 bridgehead atoms. The number of benzene rings is 1. The highest BCUT2D eigenvalue weighted by molar-refractivity contribution is 6.17. The number of nitriles is 1. The molecule has 0 aromatic heterocycles. The van der Waals surface area contributed by atoms with Crippen molar-refractivity contribution in [3.8, 4) is 11.8 Å². The smallest absolute Gasteiger partial charge is 0.343 e. The summed E-state index contributed by atoms with van der Waals surface area (Å²) >= 11 is 5.55. The zero-order valence-electron chi connectivity index (χ0n) is 7.95. The topological polar surface area (TPSA) is 70.3 Å². The van der Waals surface area contributed by atoms with Crippen LogP contribution in [0.1, 0.15) is 21.5 Å². The van der Waals surface area contributed by atoms with Crippen LogP contribution in [0.25, 0.3) is 0 Å². The number of phenolic OH excluding ortho intramolecular Hbond substituents is 1. The Hall–Kier alpha value is -1.73. The Morgan fingerprint density at radius 2 is 2.33 bits per heavy atom. The van der Waals surface area contributed by atoms with Crippen LogP contribution in [0.15, 0.2) is 12.1 Å². The minimum Gasteiger partial charge on any atom is -0.507 e. The van der Waals surface area contributed by atoms with Crippen LogP contribution in [0.2, 0.25) is 0 Å². The summed E-state index contributed by atoms with van der Waals surface area (Å²) in [5.74, 6) is -0.992. The van der Waals surface area contributed by atoms with E-state index in [9.17, 15) is 9.90 Å². The van der Waals surface area contributed by atoms with Gasteiger partial charge < -0.3 is 9.84 Å². The van der Waals surface area contributed by atoms with E-state index in [2.05, 4.69) is 4.74 Å². The summed E-state index contributed by atoms with van der Waals surface area (Å²) in [5.41, 5.74) is 0.308. The van der Waals surface area contributed by atoms with Gasteiger partial charge >= 0.3 is 5.97 Å². The maximum atomic E-state index is 11.3. The van der Waals surface area contributed by atoms with Crippen molar-refractivity contribution >= 4 is 17.6 Å². The van der Waals surface area contributed by atoms with Gasteiger partial charge in [0.1, 0.15) is 17.4 Å². The average molecular weight is 226 g/mol. The zero-order chi connectivity index (χ0) is 11.4. The molecule has 0 aliphatic heterocycles. The summed E-state index contributed by atoms with van der Waals surface area (Å²) < 4.78 is 4.47. The molecule has 0 aliphatic carbocycles. The van der Waals surface area contributed by atoms with Crippen LogP contribution >= 0.6 is 11.6 Å². The van der Waals surface area contributed by atoms with Gasteiger partial charge in [-0.15, -0.1) is 11.6 Å². The van der Waals surface area contributed by atoms with Crippen LogP contribution in [0.5, 0.6) is 5.75 Å². The molecule has 0 atom stereocenters. The second-order valence-electron chi connectivity index (χ2n) is 2.73.